The lowest BCUT2D eigenvalue weighted by Gasteiger charge is -2.34. The summed E-state index contributed by atoms with van der Waals surface area (Å²) in [5.41, 5.74) is 1.74. The fourth-order valence-electron chi connectivity index (χ4n) is 2.90. The maximum atomic E-state index is 12.4. The topological polar surface area (TPSA) is 82.3 Å². The Balaban J connectivity index is 2.06. The van der Waals surface area contributed by atoms with E-state index in [1.807, 2.05) is 30.3 Å². The van der Waals surface area contributed by atoms with Crippen LogP contribution in [0.4, 0.5) is 5.82 Å². The lowest BCUT2D eigenvalue weighted by atomic mass is 10.1. The molecule has 3 rings (SSSR count). The first kappa shape index (κ1) is 17.8. The van der Waals surface area contributed by atoms with E-state index >= 15 is 0 Å². The van der Waals surface area contributed by atoms with E-state index in [0.717, 1.165) is 31.7 Å². The van der Waals surface area contributed by atoms with Gasteiger partial charge < -0.3 is 14.5 Å². The maximum absolute atomic E-state index is 12.4. The number of carbonyl (C=O) groups is 1. The smallest absolute Gasteiger partial charge is 0.330 e. The molecule has 0 aliphatic carbocycles. The second-order valence-corrected chi connectivity index (χ2v) is 6.19. The standard InChI is InChI=1S/C19H21N5O2/c1-3-12-26-19(25)14(13-20)17-18(24-10-8-23(2)9-11-24)22-16-7-5-4-6-15(16)21-17/h3-7,14H,1,8-12H2,2H3/t14-/m1/s1. The Labute approximate surface area is 152 Å². The van der Waals surface area contributed by atoms with Crippen molar-refractivity contribution in [2.75, 3.05) is 44.7 Å². The highest BCUT2D eigenvalue weighted by Crippen LogP contribution is 2.28. The number of carbonyl (C=O) groups excluding carboxylic acids is 1. The summed E-state index contributed by atoms with van der Waals surface area (Å²) in [5.74, 6) is -1.17. The number of likely N-dealkylation sites (N-methyl/N-ethyl adjacent to an activating group) is 1. The van der Waals surface area contributed by atoms with Crippen molar-refractivity contribution in [3.63, 3.8) is 0 Å². The largest absolute Gasteiger partial charge is 0.460 e. The molecule has 1 fully saturated rings. The molecule has 7 heteroatoms. The van der Waals surface area contributed by atoms with Gasteiger partial charge in [0, 0.05) is 26.2 Å². The van der Waals surface area contributed by atoms with Crippen molar-refractivity contribution >= 4 is 22.8 Å². The Morgan fingerprint density at radius 3 is 2.58 bits per heavy atom. The van der Waals surface area contributed by atoms with Gasteiger partial charge >= 0.3 is 5.97 Å². The second kappa shape index (κ2) is 7.93. The number of piperazine rings is 1. The SMILES string of the molecule is C=CCOC(=O)[C@H](C#N)c1nc2ccccc2nc1N1CCN(C)CC1. The predicted molar refractivity (Wildman–Crippen MR) is 98.8 cm³/mol. The molecule has 2 heterocycles. The number of para-hydroxylation sites is 2. The third-order valence-corrected chi connectivity index (χ3v) is 4.36. The molecular formula is C19H21N5O2. The van der Waals surface area contributed by atoms with E-state index in [9.17, 15) is 10.1 Å². The molecule has 0 bridgehead atoms. The molecule has 2 aromatic rings. The van der Waals surface area contributed by atoms with E-state index in [0.29, 0.717) is 17.0 Å². The van der Waals surface area contributed by atoms with E-state index < -0.39 is 11.9 Å². The number of ether oxygens (including phenoxy) is 1. The Morgan fingerprint density at radius 2 is 1.96 bits per heavy atom. The van der Waals surface area contributed by atoms with Gasteiger partial charge in [-0.1, -0.05) is 24.8 Å². The van der Waals surface area contributed by atoms with E-state index in [2.05, 4.69) is 28.4 Å². The summed E-state index contributed by atoms with van der Waals surface area (Å²) in [5, 5.41) is 9.61. The lowest BCUT2D eigenvalue weighted by molar-refractivity contribution is -0.142. The minimum absolute atomic E-state index is 0.0574. The number of hydrogen-bond donors (Lipinski definition) is 0. The van der Waals surface area contributed by atoms with Crippen LogP contribution in [-0.4, -0.2) is 60.7 Å². The summed E-state index contributed by atoms with van der Waals surface area (Å²) < 4.78 is 5.10. The first-order chi connectivity index (χ1) is 12.6. The molecule has 1 atom stereocenters. The van der Waals surface area contributed by atoms with Gasteiger partial charge in [-0.2, -0.15) is 5.26 Å². The van der Waals surface area contributed by atoms with Crippen LogP contribution in [0, 0.1) is 11.3 Å². The van der Waals surface area contributed by atoms with Gasteiger partial charge in [0.05, 0.1) is 17.1 Å². The quantitative estimate of drug-likeness (QED) is 0.599. The summed E-state index contributed by atoms with van der Waals surface area (Å²) in [6.45, 7) is 6.87. The number of nitrogens with zero attached hydrogens (tertiary/aromatic N) is 5. The third kappa shape index (κ3) is 3.65. The molecule has 26 heavy (non-hydrogen) atoms. The van der Waals surface area contributed by atoms with Crippen molar-refractivity contribution in [2.45, 2.75) is 5.92 Å². The summed E-state index contributed by atoms with van der Waals surface area (Å²) in [6, 6.07) is 9.48. The molecule has 1 aromatic heterocycles. The molecule has 1 aromatic carbocycles. The fraction of sp³-hybridized carbons (Fsp3) is 0.368. The van der Waals surface area contributed by atoms with Crippen molar-refractivity contribution in [2.24, 2.45) is 0 Å². The van der Waals surface area contributed by atoms with E-state index in [-0.39, 0.29) is 6.61 Å². The molecule has 7 nitrogen and oxygen atoms in total. The van der Waals surface area contributed by atoms with Crippen LogP contribution in [0.25, 0.3) is 11.0 Å². The number of rotatable bonds is 5. The number of hydrogen-bond acceptors (Lipinski definition) is 7. The Hall–Kier alpha value is -2.98. The summed E-state index contributed by atoms with van der Waals surface area (Å²) in [6.07, 6.45) is 1.47. The van der Waals surface area contributed by atoms with Gasteiger partial charge in [0.15, 0.2) is 11.7 Å². The van der Waals surface area contributed by atoms with Crippen LogP contribution in [-0.2, 0) is 9.53 Å². The van der Waals surface area contributed by atoms with Crippen molar-refractivity contribution in [3.8, 4) is 6.07 Å². The van der Waals surface area contributed by atoms with Crippen LogP contribution < -0.4 is 4.90 Å². The molecule has 0 N–H and O–H groups in total. The average Bonchev–Trinajstić information content (AvgIpc) is 2.67. The molecule has 1 aliphatic heterocycles. The fourth-order valence-corrected chi connectivity index (χ4v) is 2.90. The molecule has 0 radical (unpaired) electrons. The minimum atomic E-state index is -1.12. The van der Waals surface area contributed by atoms with Gasteiger partial charge in [-0.15, -0.1) is 0 Å². The molecule has 1 saturated heterocycles. The molecule has 0 amide bonds. The van der Waals surface area contributed by atoms with Crippen molar-refractivity contribution < 1.29 is 9.53 Å². The first-order valence-electron chi connectivity index (χ1n) is 8.51. The number of fused-ring (bicyclic) bond motifs is 1. The second-order valence-electron chi connectivity index (χ2n) is 6.19. The molecular weight excluding hydrogens is 330 g/mol. The molecule has 0 unspecified atom stereocenters. The third-order valence-electron chi connectivity index (χ3n) is 4.36. The monoisotopic (exact) mass is 351 g/mol. The first-order valence-corrected chi connectivity index (χ1v) is 8.51. The van der Waals surface area contributed by atoms with Crippen molar-refractivity contribution in [1.29, 1.82) is 5.26 Å². The molecule has 0 saturated carbocycles. The number of benzene rings is 1. The maximum Gasteiger partial charge on any atom is 0.330 e. The minimum Gasteiger partial charge on any atom is -0.460 e. The van der Waals surface area contributed by atoms with Crippen LogP contribution in [0.5, 0.6) is 0 Å². The average molecular weight is 351 g/mol. The van der Waals surface area contributed by atoms with Gasteiger partial charge in [0.2, 0.25) is 0 Å². The number of anilines is 1. The van der Waals surface area contributed by atoms with Gasteiger partial charge in [0.25, 0.3) is 0 Å². The van der Waals surface area contributed by atoms with Gasteiger partial charge in [-0.05, 0) is 19.2 Å². The Bertz CT molecular complexity index is 853. The van der Waals surface area contributed by atoms with Crippen LogP contribution in [0.15, 0.2) is 36.9 Å². The van der Waals surface area contributed by atoms with Crippen LogP contribution in [0.1, 0.15) is 11.6 Å². The molecule has 1 aliphatic rings. The van der Waals surface area contributed by atoms with Crippen molar-refractivity contribution in [1.82, 2.24) is 14.9 Å². The lowest BCUT2D eigenvalue weighted by Crippen LogP contribution is -2.45. The zero-order chi connectivity index (χ0) is 18.5. The van der Waals surface area contributed by atoms with Gasteiger partial charge in [0.1, 0.15) is 12.3 Å². The van der Waals surface area contributed by atoms with E-state index in [4.69, 9.17) is 9.72 Å². The van der Waals surface area contributed by atoms with E-state index in [1.165, 1.54) is 6.08 Å². The van der Waals surface area contributed by atoms with E-state index in [1.54, 1.807) is 0 Å². The molecule has 134 valence electrons. The van der Waals surface area contributed by atoms with Gasteiger partial charge in [-0.3, -0.25) is 4.79 Å². The summed E-state index contributed by atoms with van der Waals surface area (Å²) >= 11 is 0. The number of aromatic nitrogens is 2. The molecule has 0 spiro atoms. The summed E-state index contributed by atoms with van der Waals surface area (Å²) in [4.78, 5) is 26.0. The summed E-state index contributed by atoms with van der Waals surface area (Å²) in [7, 11) is 2.06. The van der Waals surface area contributed by atoms with Crippen molar-refractivity contribution in [3.05, 3.63) is 42.6 Å². The highest BCUT2D eigenvalue weighted by molar-refractivity contribution is 5.85. The van der Waals surface area contributed by atoms with Crippen LogP contribution in [0.2, 0.25) is 0 Å². The predicted octanol–water partition coefficient (Wildman–Crippen LogP) is 1.72. The van der Waals surface area contributed by atoms with Crippen LogP contribution in [0.3, 0.4) is 0 Å². The van der Waals surface area contributed by atoms with Crippen LogP contribution >= 0.6 is 0 Å². The Kier molecular flexibility index (Phi) is 5.44. The number of nitriles is 1. The van der Waals surface area contributed by atoms with Gasteiger partial charge in [-0.25, -0.2) is 9.97 Å². The highest BCUT2D eigenvalue weighted by atomic mass is 16.5. The highest BCUT2D eigenvalue weighted by Gasteiger charge is 2.30. The Morgan fingerprint density at radius 1 is 1.31 bits per heavy atom. The normalized spacial score (nSPS) is 16.1. The zero-order valence-electron chi connectivity index (χ0n) is 14.8. The number of esters is 1. The zero-order valence-corrected chi connectivity index (χ0v) is 14.8.